The summed E-state index contributed by atoms with van der Waals surface area (Å²) in [6.45, 7) is 6.29. The Hall–Kier alpha value is -0.0800. The van der Waals surface area contributed by atoms with Gasteiger partial charge in [0, 0.05) is 13.2 Å². The fourth-order valence-electron chi connectivity index (χ4n) is 0.448. The van der Waals surface area contributed by atoms with Crippen molar-refractivity contribution in [3.8, 4) is 0 Å². The fraction of sp³-hybridized carbons (Fsp3) is 1.00. The normalized spacial score (nSPS) is 13.6. The van der Waals surface area contributed by atoms with Crippen molar-refractivity contribution in [2.24, 2.45) is 0 Å². The molecule has 0 aromatic rings. The molecule has 0 spiro atoms. The number of rotatable bonds is 4. The van der Waals surface area contributed by atoms with E-state index in [2.05, 4.69) is 0 Å². The lowest BCUT2D eigenvalue weighted by Crippen LogP contribution is -2.11. The predicted molar refractivity (Wildman–Crippen MR) is 32.7 cm³/mol. The third-order valence-electron chi connectivity index (χ3n) is 0.695. The Labute approximate surface area is 52.2 Å². The minimum atomic E-state index is -1.15. The molecule has 0 aromatic heterocycles. The molecular formula is C6H14O2. The van der Waals surface area contributed by atoms with Gasteiger partial charge < -0.3 is 9.47 Å². The van der Waals surface area contributed by atoms with Crippen molar-refractivity contribution in [2.75, 3.05) is 13.2 Å². The molecule has 0 saturated heterocycles. The third-order valence-corrected chi connectivity index (χ3v) is 0.695. The molecule has 0 aromatic carbocycles. The first-order valence-corrected chi connectivity index (χ1v) is 2.90. The second-order valence-corrected chi connectivity index (χ2v) is 1.36. The predicted octanol–water partition coefficient (Wildman–Crippen LogP) is 1.41. The molecule has 0 unspecified atom stereocenters. The summed E-state index contributed by atoms with van der Waals surface area (Å²) in [4.78, 5) is 0. The minimum Gasteiger partial charge on any atom is -0.353 e. The van der Waals surface area contributed by atoms with Crippen LogP contribution in [0.1, 0.15) is 22.1 Å². The molecule has 2 heteroatoms. The van der Waals surface area contributed by atoms with Crippen LogP contribution < -0.4 is 0 Å². The lowest BCUT2D eigenvalue weighted by molar-refractivity contribution is -0.123. The Morgan fingerprint density at radius 1 is 1.38 bits per heavy atom. The maximum Gasteiger partial charge on any atom is 0.154 e. The highest BCUT2D eigenvalue weighted by molar-refractivity contribution is 4.26. The number of ether oxygens (including phenoxy) is 2. The van der Waals surface area contributed by atoms with E-state index >= 15 is 0 Å². The van der Waals surface area contributed by atoms with Gasteiger partial charge in [-0.2, -0.15) is 0 Å². The molecule has 0 aliphatic carbocycles. The molecule has 8 heavy (non-hydrogen) atoms. The summed E-state index contributed by atoms with van der Waals surface area (Å²) in [6.07, 6.45) is -1.15. The van der Waals surface area contributed by atoms with Gasteiger partial charge in [0.25, 0.3) is 0 Å². The van der Waals surface area contributed by atoms with Gasteiger partial charge in [-0.15, -0.1) is 0 Å². The van der Waals surface area contributed by atoms with E-state index in [4.69, 9.17) is 10.8 Å². The second-order valence-electron chi connectivity index (χ2n) is 1.36. The Morgan fingerprint density at radius 2 is 1.75 bits per heavy atom. The largest absolute Gasteiger partial charge is 0.353 e. The first-order chi connectivity index (χ1) is 4.12. The molecule has 0 saturated carbocycles. The van der Waals surface area contributed by atoms with Gasteiger partial charge in [0.15, 0.2) is 6.27 Å². The summed E-state index contributed by atoms with van der Waals surface area (Å²) >= 11 is 0. The minimum absolute atomic E-state index is 0.514. The maximum atomic E-state index is 7.28. The molecule has 0 N–H and O–H groups in total. The zero-order chi connectivity index (χ0) is 7.33. The van der Waals surface area contributed by atoms with Crippen molar-refractivity contribution in [1.29, 1.82) is 0 Å². The van der Waals surface area contributed by atoms with E-state index in [1.165, 1.54) is 0 Å². The van der Waals surface area contributed by atoms with E-state index in [0.29, 0.717) is 13.2 Å². The molecule has 0 fully saturated rings. The van der Waals surface area contributed by atoms with Gasteiger partial charge in [0.05, 0.1) is 1.37 Å². The molecule has 50 valence electrons. The van der Waals surface area contributed by atoms with E-state index < -0.39 is 6.27 Å². The Bertz CT molecular complexity index is 65.5. The molecule has 0 aliphatic rings. The van der Waals surface area contributed by atoms with Crippen molar-refractivity contribution in [3.63, 3.8) is 0 Å². The molecule has 0 heterocycles. The van der Waals surface area contributed by atoms with E-state index in [1.54, 1.807) is 6.92 Å². The average molecular weight is 119 g/mol. The van der Waals surface area contributed by atoms with Crippen LogP contribution in [0.2, 0.25) is 0 Å². The van der Waals surface area contributed by atoms with Crippen LogP contribution in [0.15, 0.2) is 0 Å². The zero-order valence-corrected chi connectivity index (χ0v) is 5.73. The van der Waals surface area contributed by atoms with Crippen molar-refractivity contribution < 1.29 is 10.8 Å². The molecule has 2 nitrogen and oxygen atoms in total. The van der Waals surface area contributed by atoms with Crippen molar-refractivity contribution in [3.05, 3.63) is 0 Å². The fourth-order valence-corrected chi connectivity index (χ4v) is 0.448. The van der Waals surface area contributed by atoms with Gasteiger partial charge in [0.2, 0.25) is 0 Å². The van der Waals surface area contributed by atoms with Crippen LogP contribution in [0.25, 0.3) is 0 Å². The van der Waals surface area contributed by atoms with E-state index in [0.717, 1.165) is 0 Å². The molecule has 0 amide bonds. The second kappa shape index (κ2) is 5.06. The van der Waals surface area contributed by atoms with Crippen molar-refractivity contribution in [1.82, 2.24) is 0 Å². The summed E-state index contributed by atoms with van der Waals surface area (Å²) in [5.41, 5.74) is 0. The number of hydrogen-bond donors (Lipinski definition) is 0. The third kappa shape index (κ3) is 4.09. The summed E-state index contributed by atoms with van der Waals surface area (Å²) in [5.74, 6) is 0. The van der Waals surface area contributed by atoms with Crippen LogP contribution in [0.4, 0.5) is 0 Å². The Balaban J connectivity index is 3.43. The van der Waals surface area contributed by atoms with Gasteiger partial charge in [-0.05, 0) is 20.8 Å². The molecule has 0 rings (SSSR count). The van der Waals surface area contributed by atoms with E-state index in [1.807, 2.05) is 13.8 Å². The smallest absolute Gasteiger partial charge is 0.154 e. The molecular weight excluding hydrogens is 104 g/mol. The van der Waals surface area contributed by atoms with Crippen molar-refractivity contribution >= 4 is 0 Å². The Kier molecular flexibility index (Phi) is 3.83. The lowest BCUT2D eigenvalue weighted by Gasteiger charge is -2.09. The summed E-state index contributed by atoms with van der Waals surface area (Å²) in [6, 6.07) is 0. The monoisotopic (exact) mass is 119 g/mol. The SMILES string of the molecule is [2H]C(C)(OCC)OCC. The van der Waals surface area contributed by atoms with Gasteiger partial charge in [-0.3, -0.25) is 0 Å². The summed E-state index contributed by atoms with van der Waals surface area (Å²) in [5, 5.41) is 0. The molecule has 0 aliphatic heterocycles. The van der Waals surface area contributed by atoms with E-state index in [-0.39, 0.29) is 0 Å². The summed E-state index contributed by atoms with van der Waals surface area (Å²) < 4.78 is 17.1. The van der Waals surface area contributed by atoms with Crippen LogP contribution in [-0.4, -0.2) is 19.5 Å². The first kappa shape index (κ1) is 6.05. The summed E-state index contributed by atoms with van der Waals surface area (Å²) in [7, 11) is 0. The molecule has 0 bridgehead atoms. The highest BCUT2D eigenvalue weighted by atomic mass is 16.7. The van der Waals surface area contributed by atoms with Gasteiger partial charge in [0.1, 0.15) is 0 Å². The molecule has 0 radical (unpaired) electrons. The lowest BCUT2D eigenvalue weighted by atomic mass is 10.7. The van der Waals surface area contributed by atoms with Crippen LogP contribution in [0.3, 0.4) is 0 Å². The quantitative estimate of drug-likeness (QED) is 0.521. The van der Waals surface area contributed by atoms with Gasteiger partial charge >= 0.3 is 0 Å². The van der Waals surface area contributed by atoms with Crippen LogP contribution >= 0.6 is 0 Å². The maximum absolute atomic E-state index is 7.28. The van der Waals surface area contributed by atoms with Crippen LogP contribution in [0.5, 0.6) is 0 Å². The van der Waals surface area contributed by atoms with Crippen LogP contribution in [0, 0.1) is 0 Å². The highest BCUT2D eigenvalue weighted by Gasteiger charge is 1.94. The van der Waals surface area contributed by atoms with E-state index in [9.17, 15) is 0 Å². The highest BCUT2D eigenvalue weighted by Crippen LogP contribution is 1.90. The van der Waals surface area contributed by atoms with Crippen molar-refractivity contribution in [2.45, 2.75) is 27.0 Å². The van der Waals surface area contributed by atoms with Crippen LogP contribution in [-0.2, 0) is 9.47 Å². The average Bonchev–Trinajstić information content (AvgIpc) is 1.64. The molecule has 0 atom stereocenters. The standard InChI is InChI=1S/C6H14O2/c1-4-7-6(3)8-5-2/h6H,4-5H2,1-3H3/i6D. The van der Waals surface area contributed by atoms with Gasteiger partial charge in [-0.1, -0.05) is 0 Å². The first-order valence-electron chi connectivity index (χ1n) is 3.40. The topological polar surface area (TPSA) is 18.5 Å². The number of hydrogen-bond acceptors (Lipinski definition) is 2. The van der Waals surface area contributed by atoms with Gasteiger partial charge in [-0.25, -0.2) is 0 Å². The zero-order valence-electron chi connectivity index (χ0n) is 6.73. The Morgan fingerprint density at radius 3 is 2.00 bits per heavy atom.